The molecule has 0 atom stereocenters. The number of carbonyl (C=O) groups excluding carboxylic acids is 1. The molecule has 0 bridgehead atoms. The van der Waals surface area contributed by atoms with Gasteiger partial charge in [-0.1, -0.05) is 12.1 Å². The minimum absolute atomic E-state index is 0.345. The number of sulfonamides is 1. The normalized spacial score (nSPS) is 11.7. The van der Waals surface area contributed by atoms with E-state index in [1.807, 2.05) is 19.9 Å². The second kappa shape index (κ2) is 9.82. The summed E-state index contributed by atoms with van der Waals surface area (Å²) >= 11 is 2.11. The first-order valence-corrected chi connectivity index (χ1v) is 12.5. The van der Waals surface area contributed by atoms with Crippen molar-refractivity contribution in [3.05, 3.63) is 80.9 Å². The van der Waals surface area contributed by atoms with Gasteiger partial charge in [-0.2, -0.15) is 5.10 Å². The molecule has 1 heterocycles. The van der Waals surface area contributed by atoms with E-state index in [9.17, 15) is 17.6 Å². The number of nitrogens with zero attached hydrogens (tertiary/aromatic N) is 3. The molecule has 3 rings (SSSR count). The lowest BCUT2D eigenvalue weighted by Gasteiger charge is -2.21. The molecule has 32 heavy (non-hydrogen) atoms. The maximum Gasteiger partial charge on any atom is 0.260 e. The number of aryl methyl sites for hydroxylation is 1. The minimum atomic E-state index is -3.67. The van der Waals surface area contributed by atoms with Crippen molar-refractivity contribution < 1.29 is 17.6 Å². The molecule has 7 nitrogen and oxygen atoms in total. The van der Waals surface area contributed by atoms with Gasteiger partial charge in [0.1, 0.15) is 12.4 Å². The lowest BCUT2D eigenvalue weighted by Crippen LogP contribution is -2.39. The summed E-state index contributed by atoms with van der Waals surface area (Å²) < 4.78 is 42.3. The van der Waals surface area contributed by atoms with Crippen molar-refractivity contribution in [3.63, 3.8) is 0 Å². The van der Waals surface area contributed by atoms with E-state index in [0.717, 1.165) is 25.5 Å². The highest BCUT2D eigenvalue weighted by molar-refractivity contribution is 14.1. The molecular weight excluding hydrogens is 546 g/mol. The van der Waals surface area contributed by atoms with Crippen molar-refractivity contribution in [1.29, 1.82) is 0 Å². The standard InChI is InChI=1S/C22H22FIN4O3S/c1-15-12-17(16(2)28(15)21-7-5-4-6-20(21)23)13-25-26-22(29)14-27(32(3,30)31)19-10-8-18(24)9-11-19/h4-13H,14H2,1-3H3,(H,26,29)/b25-13-. The second-order valence-electron chi connectivity index (χ2n) is 7.15. The highest BCUT2D eigenvalue weighted by atomic mass is 127. The fourth-order valence-electron chi connectivity index (χ4n) is 3.27. The van der Waals surface area contributed by atoms with Gasteiger partial charge in [-0.25, -0.2) is 18.2 Å². The van der Waals surface area contributed by atoms with Crippen LogP contribution < -0.4 is 9.73 Å². The Morgan fingerprint density at radius 2 is 1.84 bits per heavy atom. The lowest BCUT2D eigenvalue weighted by molar-refractivity contribution is -0.119. The van der Waals surface area contributed by atoms with Crippen LogP contribution in [0.2, 0.25) is 0 Å². The quantitative estimate of drug-likeness (QED) is 0.268. The number of benzene rings is 2. The summed E-state index contributed by atoms with van der Waals surface area (Å²) in [6.07, 6.45) is 2.49. The van der Waals surface area contributed by atoms with Crippen LogP contribution in [0.3, 0.4) is 0 Å². The van der Waals surface area contributed by atoms with E-state index in [-0.39, 0.29) is 5.82 Å². The molecule has 168 valence electrons. The Labute approximate surface area is 200 Å². The van der Waals surface area contributed by atoms with Crippen molar-refractivity contribution in [2.75, 3.05) is 17.1 Å². The average molecular weight is 568 g/mol. The van der Waals surface area contributed by atoms with Crippen LogP contribution in [0.15, 0.2) is 59.7 Å². The van der Waals surface area contributed by atoms with Crippen LogP contribution >= 0.6 is 22.6 Å². The Bertz CT molecular complexity index is 1270. The number of para-hydroxylation sites is 1. The molecule has 1 amide bonds. The summed E-state index contributed by atoms with van der Waals surface area (Å²) in [6.45, 7) is 3.26. The zero-order valence-electron chi connectivity index (χ0n) is 17.7. The van der Waals surface area contributed by atoms with E-state index in [2.05, 4.69) is 33.1 Å². The molecule has 3 aromatic rings. The second-order valence-corrected chi connectivity index (χ2v) is 10.3. The van der Waals surface area contributed by atoms with Crippen LogP contribution in [-0.4, -0.2) is 37.9 Å². The average Bonchev–Trinajstić information content (AvgIpc) is 3.00. The molecule has 2 aromatic carbocycles. The first-order valence-electron chi connectivity index (χ1n) is 9.57. The van der Waals surface area contributed by atoms with Gasteiger partial charge in [0.2, 0.25) is 10.0 Å². The maximum absolute atomic E-state index is 14.2. The number of nitrogens with one attached hydrogen (secondary N) is 1. The van der Waals surface area contributed by atoms with E-state index >= 15 is 0 Å². The molecule has 0 unspecified atom stereocenters. The molecule has 0 spiro atoms. The Morgan fingerprint density at radius 3 is 2.47 bits per heavy atom. The van der Waals surface area contributed by atoms with Crippen molar-refractivity contribution in [1.82, 2.24) is 9.99 Å². The molecule has 0 fully saturated rings. The van der Waals surface area contributed by atoms with Crippen molar-refractivity contribution in [3.8, 4) is 5.69 Å². The largest absolute Gasteiger partial charge is 0.315 e. The third-order valence-electron chi connectivity index (χ3n) is 4.76. The van der Waals surface area contributed by atoms with Gasteiger partial charge in [0.05, 0.1) is 23.8 Å². The van der Waals surface area contributed by atoms with Gasteiger partial charge in [0.25, 0.3) is 5.91 Å². The van der Waals surface area contributed by atoms with E-state index in [1.54, 1.807) is 47.0 Å². The van der Waals surface area contributed by atoms with Crippen molar-refractivity contribution in [2.45, 2.75) is 13.8 Å². The van der Waals surface area contributed by atoms with Crippen LogP contribution in [0.1, 0.15) is 17.0 Å². The minimum Gasteiger partial charge on any atom is -0.315 e. The monoisotopic (exact) mass is 568 g/mol. The first kappa shape index (κ1) is 23.9. The summed E-state index contributed by atoms with van der Waals surface area (Å²) in [7, 11) is -3.67. The Balaban J connectivity index is 1.74. The number of anilines is 1. The molecule has 1 N–H and O–H groups in total. The molecule has 0 saturated heterocycles. The van der Waals surface area contributed by atoms with Crippen LogP contribution in [-0.2, 0) is 14.8 Å². The van der Waals surface area contributed by atoms with Gasteiger partial charge in [-0.05, 0) is 78.9 Å². The maximum atomic E-state index is 14.2. The van der Waals surface area contributed by atoms with E-state index in [1.165, 1.54) is 12.3 Å². The summed E-state index contributed by atoms with van der Waals surface area (Å²) in [5.74, 6) is -0.935. The number of hydrogen-bond acceptors (Lipinski definition) is 4. The molecule has 0 aliphatic heterocycles. The smallest absolute Gasteiger partial charge is 0.260 e. The number of hydrogen-bond donors (Lipinski definition) is 1. The summed E-state index contributed by atoms with van der Waals surface area (Å²) in [5, 5.41) is 3.96. The summed E-state index contributed by atoms with van der Waals surface area (Å²) in [4.78, 5) is 12.4. The fourth-order valence-corrected chi connectivity index (χ4v) is 4.49. The Kier molecular flexibility index (Phi) is 7.34. The Morgan fingerprint density at radius 1 is 1.19 bits per heavy atom. The number of rotatable bonds is 7. The fraction of sp³-hybridized carbons (Fsp3) is 0.182. The number of carbonyl (C=O) groups is 1. The summed E-state index contributed by atoms with van der Waals surface area (Å²) in [5.41, 5.74) is 5.43. The summed E-state index contributed by atoms with van der Waals surface area (Å²) in [6, 6.07) is 15.1. The van der Waals surface area contributed by atoms with Crippen LogP contribution in [0.4, 0.5) is 10.1 Å². The molecule has 0 aliphatic carbocycles. The number of hydrazone groups is 1. The van der Waals surface area contributed by atoms with Crippen molar-refractivity contribution >= 4 is 50.4 Å². The van der Waals surface area contributed by atoms with E-state index < -0.39 is 22.5 Å². The third kappa shape index (κ3) is 5.54. The zero-order valence-corrected chi connectivity index (χ0v) is 20.7. The van der Waals surface area contributed by atoms with E-state index in [0.29, 0.717) is 16.9 Å². The van der Waals surface area contributed by atoms with Gasteiger partial charge in [-0.15, -0.1) is 0 Å². The number of halogens is 2. The van der Waals surface area contributed by atoms with Crippen LogP contribution in [0.5, 0.6) is 0 Å². The van der Waals surface area contributed by atoms with Crippen LogP contribution in [0, 0.1) is 23.2 Å². The zero-order chi connectivity index (χ0) is 23.5. The number of amides is 1. The third-order valence-corrected chi connectivity index (χ3v) is 6.62. The topological polar surface area (TPSA) is 83.8 Å². The molecule has 1 aromatic heterocycles. The molecule has 0 aliphatic rings. The van der Waals surface area contributed by atoms with Gasteiger partial charge in [-0.3, -0.25) is 9.10 Å². The predicted octanol–water partition coefficient (Wildman–Crippen LogP) is 3.75. The van der Waals surface area contributed by atoms with Gasteiger partial charge in [0, 0.05) is 20.5 Å². The highest BCUT2D eigenvalue weighted by Crippen LogP contribution is 2.22. The van der Waals surface area contributed by atoms with E-state index in [4.69, 9.17) is 0 Å². The molecule has 0 radical (unpaired) electrons. The van der Waals surface area contributed by atoms with Gasteiger partial charge < -0.3 is 4.57 Å². The molecule has 10 heteroatoms. The predicted molar refractivity (Wildman–Crippen MR) is 132 cm³/mol. The van der Waals surface area contributed by atoms with Gasteiger partial charge >= 0.3 is 0 Å². The Hall–Kier alpha value is -2.73. The van der Waals surface area contributed by atoms with Crippen molar-refractivity contribution in [2.24, 2.45) is 5.10 Å². The van der Waals surface area contributed by atoms with Gasteiger partial charge in [0.15, 0.2) is 0 Å². The number of aromatic nitrogens is 1. The lowest BCUT2D eigenvalue weighted by atomic mass is 10.2. The SMILES string of the molecule is Cc1cc(/C=N\NC(=O)CN(c2ccc(I)cc2)S(C)(=O)=O)c(C)n1-c1ccccc1F. The highest BCUT2D eigenvalue weighted by Gasteiger charge is 2.20. The first-order chi connectivity index (χ1) is 15.1. The molecule has 0 saturated carbocycles. The molecular formula is C22H22FIN4O3S. The van der Waals surface area contributed by atoms with Crippen LogP contribution in [0.25, 0.3) is 5.69 Å².